The Morgan fingerprint density at radius 1 is 0.962 bits per heavy atom. The SMILES string of the molecule is Fc1ccc2c(c1)C1OC(CN3CCCCC3)CC1c1ccccc1C2. The van der Waals surface area contributed by atoms with Crippen molar-refractivity contribution >= 4 is 0 Å². The maximum absolute atomic E-state index is 14.0. The van der Waals surface area contributed by atoms with E-state index in [1.165, 1.54) is 49.0 Å². The quantitative estimate of drug-likeness (QED) is 0.768. The highest BCUT2D eigenvalue weighted by Crippen LogP contribution is 2.49. The third kappa shape index (κ3) is 2.97. The normalized spacial score (nSPS) is 28.1. The molecule has 3 heteroatoms. The first-order valence-corrected chi connectivity index (χ1v) is 10.0. The van der Waals surface area contributed by atoms with E-state index in [4.69, 9.17) is 4.74 Å². The van der Waals surface area contributed by atoms with E-state index in [0.29, 0.717) is 5.92 Å². The van der Waals surface area contributed by atoms with Crippen LogP contribution < -0.4 is 0 Å². The van der Waals surface area contributed by atoms with Gasteiger partial charge < -0.3 is 9.64 Å². The first-order valence-electron chi connectivity index (χ1n) is 10.0. The van der Waals surface area contributed by atoms with E-state index in [9.17, 15) is 4.39 Å². The molecule has 0 saturated carbocycles. The Hall–Kier alpha value is -1.71. The summed E-state index contributed by atoms with van der Waals surface area (Å²) in [6.45, 7) is 3.40. The highest BCUT2D eigenvalue weighted by atomic mass is 19.1. The molecule has 2 nitrogen and oxygen atoms in total. The van der Waals surface area contributed by atoms with Crippen LogP contribution in [0.15, 0.2) is 42.5 Å². The highest BCUT2D eigenvalue weighted by Gasteiger charge is 2.41. The molecule has 2 fully saturated rings. The van der Waals surface area contributed by atoms with Gasteiger partial charge in [0, 0.05) is 12.5 Å². The molecule has 3 unspecified atom stereocenters. The summed E-state index contributed by atoms with van der Waals surface area (Å²) in [5, 5.41) is 0. The van der Waals surface area contributed by atoms with Gasteiger partial charge in [-0.15, -0.1) is 0 Å². The maximum Gasteiger partial charge on any atom is 0.123 e. The van der Waals surface area contributed by atoms with Crippen molar-refractivity contribution in [1.82, 2.24) is 4.90 Å². The van der Waals surface area contributed by atoms with Crippen molar-refractivity contribution < 1.29 is 9.13 Å². The van der Waals surface area contributed by atoms with Gasteiger partial charge in [-0.3, -0.25) is 0 Å². The monoisotopic (exact) mass is 351 g/mol. The Morgan fingerprint density at radius 3 is 2.65 bits per heavy atom. The molecular weight excluding hydrogens is 325 g/mol. The fourth-order valence-electron chi connectivity index (χ4n) is 5.15. The van der Waals surface area contributed by atoms with Gasteiger partial charge in [0.25, 0.3) is 0 Å². The van der Waals surface area contributed by atoms with Crippen LogP contribution in [0.3, 0.4) is 0 Å². The second-order valence-corrected chi connectivity index (χ2v) is 8.10. The van der Waals surface area contributed by atoms with Gasteiger partial charge in [-0.05, 0) is 73.2 Å². The van der Waals surface area contributed by atoms with Gasteiger partial charge in [0.1, 0.15) is 5.82 Å². The molecule has 2 saturated heterocycles. The molecule has 2 heterocycles. The standard InChI is InChI=1S/C23H26FNO/c24-18-9-8-17-12-16-6-2-3-7-20(16)22-14-19(26-23(22)21(17)13-18)15-25-10-4-1-5-11-25/h2-3,6-9,13,19,22-23H,1,4-5,10-12,14-15H2. The molecule has 1 aliphatic carbocycles. The van der Waals surface area contributed by atoms with Crippen LogP contribution in [-0.4, -0.2) is 30.6 Å². The average molecular weight is 351 g/mol. The molecule has 0 spiro atoms. The lowest BCUT2D eigenvalue weighted by atomic mass is 9.87. The zero-order valence-electron chi connectivity index (χ0n) is 15.2. The van der Waals surface area contributed by atoms with Crippen molar-refractivity contribution in [2.24, 2.45) is 0 Å². The molecule has 5 rings (SSSR count). The number of likely N-dealkylation sites (tertiary alicyclic amines) is 1. The van der Waals surface area contributed by atoms with Crippen LogP contribution in [-0.2, 0) is 11.2 Å². The van der Waals surface area contributed by atoms with E-state index < -0.39 is 0 Å². The molecule has 0 bridgehead atoms. The zero-order chi connectivity index (χ0) is 17.5. The number of hydrogen-bond donors (Lipinski definition) is 0. The molecule has 3 aliphatic rings. The lowest BCUT2D eigenvalue weighted by molar-refractivity contribution is 0.0158. The van der Waals surface area contributed by atoms with Crippen LogP contribution in [0.5, 0.6) is 0 Å². The topological polar surface area (TPSA) is 12.5 Å². The van der Waals surface area contributed by atoms with E-state index in [1.54, 1.807) is 12.1 Å². The van der Waals surface area contributed by atoms with Crippen molar-refractivity contribution in [1.29, 1.82) is 0 Å². The van der Waals surface area contributed by atoms with Crippen LogP contribution in [0.2, 0.25) is 0 Å². The average Bonchev–Trinajstić information content (AvgIpc) is 3.03. The minimum atomic E-state index is -0.156. The van der Waals surface area contributed by atoms with Gasteiger partial charge in [0.2, 0.25) is 0 Å². The summed E-state index contributed by atoms with van der Waals surface area (Å²) >= 11 is 0. The largest absolute Gasteiger partial charge is 0.368 e. The smallest absolute Gasteiger partial charge is 0.123 e. The second kappa shape index (κ2) is 6.79. The lowest BCUT2D eigenvalue weighted by Gasteiger charge is -2.29. The molecule has 0 radical (unpaired) electrons. The highest BCUT2D eigenvalue weighted by molar-refractivity contribution is 5.45. The van der Waals surface area contributed by atoms with Gasteiger partial charge in [-0.25, -0.2) is 4.39 Å². The Kier molecular flexibility index (Phi) is 4.30. The molecule has 3 atom stereocenters. The van der Waals surface area contributed by atoms with Crippen LogP contribution >= 0.6 is 0 Å². The number of fused-ring (bicyclic) bond motifs is 5. The van der Waals surface area contributed by atoms with E-state index in [-0.39, 0.29) is 18.0 Å². The number of ether oxygens (including phenoxy) is 1. The number of benzene rings is 2. The van der Waals surface area contributed by atoms with E-state index >= 15 is 0 Å². The van der Waals surface area contributed by atoms with Crippen LogP contribution in [0.25, 0.3) is 0 Å². The number of rotatable bonds is 2. The molecular formula is C23H26FNO. The summed E-state index contributed by atoms with van der Waals surface area (Å²) in [6, 6.07) is 14.0. The Labute approximate surface area is 155 Å². The van der Waals surface area contributed by atoms with Gasteiger partial charge >= 0.3 is 0 Å². The van der Waals surface area contributed by atoms with Crippen LogP contribution in [0, 0.1) is 5.82 Å². The first-order chi connectivity index (χ1) is 12.8. The third-order valence-corrected chi connectivity index (χ3v) is 6.38. The van der Waals surface area contributed by atoms with Gasteiger partial charge in [-0.2, -0.15) is 0 Å². The fraction of sp³-hybridized carbons (Fsp3) is 0.478. The summed E-state index contributed by atoms with van der Waals surface area (Å²) in [5.74, 6) is 0.181. The fourth-order valence-corrected chi connectivity index (χ4v) is 5.15. The minimum Gasteiger partial charge on any atom is -0.368 e. The summed E-state index contributed by atoms with van der Waals surface area (Å²) in [5.41, 5.74) is 5.04. The van der Waals surface area contributed by atoms with Crippen molar-refractivity contribution in [3.63, 3.8) is 0 Å². The molecule has 26 heavy (non-hydrogen) atoms. The summed E-state index contributed by atoms with van der Waals surface area (Å²) in [6.07, 6.45) is 6.09. The Balaban J connectivity index is 1.48. The predicted octanol–water partition coefficient (Wildman–Crippen LogP) is 4.83. The van der Waals surface area contributed by atoms with Crippen molar-refractivity contribution in [2.75, 3.05) is 19.6 Å². The van der Waals surface area contributed by atoms with Crippen LogP contribution in [0.4, 0.5) is 4.39 Å². The molecule has 2 aliphatic heterocycles. The lowest BCUT2D eigenvalue weighted by Crippen LogP contribution is -2.36. The van der Waals surface area contributed by atoms with Crippen LogP contribution in [0.1, 0.15) is 60.0 Å². The third-order valence-electron chi connectivity index (χ3n) is 6.38. The summed E-state index contributed by atoms with van der Waals surface area (Å²) in [7, 11) is 0. The van der Waals surface area contributed by atoms with Gasteiger partial charge in [-0.1, -0.05) is 36.8 Å². The number of nitrogens with zero attached hydrogens (tertiary/aromatic N) is 1. The Morgan fingerprint density at radius 2 is 1.77 bits per heavy atom. The molecule has 0 N–H and O–H groups in total. The van der Waals surface area contributed by atoms with Crippen molar-refractivity contribution in [3.05, 3.63) is 70.5 Å². The van der Waals surface area contributed by atoms with Crippen molar-refractivity contribution in [3.8, 4) is 0 Å². The molecule has 2 aromatic carbocycles. The molecule has 2 aromatic rings. The van der Waals surface area contributed by atoms with Gasteiger partial charge in [0.05, 0.1) is 12.2 Å². The van der Waals surface area contributed by atoms with Gasteiger partial charge in [0.15, 0.2) is 0 Å². The summed E-state index contributed by atoms with van der Waals surface area (Å²) < 4.78 is 20.6. The second-order valence-electron chi connectivity index (χ2n) is 8.10. The number of piperidine rings is 1. The minimum absolute atomic E-state index is 0.0147. The van der Waals surface area contributed by atoms with Crippen molar-refractivity contribution in [2.45, 2.75) is 50.2 Å². The van der Waals surface area contributed by atoms with E-state index in [1.807, 2.05) is 6.07 Å². The zero-order valence-corrected chi connectivity index (χ0v) is 15.2. The summed E-state index contributed by atoms with van der Waals surface area (Å²) in [4.78, 5) is 2.55. The molecule has 0 amide bonds. The molecule has 0 aromatic heterocycles. The Bertz CT molecular complexity index is 799. The molecule has 136 valence electrons. The number of halogens is 1. The predicted molar refractivity (Wildman–Crippen MR) is 101 cm³/mol. The van der Waals surface area contributed by atoms with E-state index in [2.05, 4.69) is 29.2 Å². The maximum atomic E-state index is 14.0. The van der Waals surface area contributed by atoms with E-state index in [0.717, 1.165) is 24.9 Å². The first kappa shape index (κ1) is 16.5. The number of hydrogen-bond acceptors (Lipinski definition) is 2.